The Morgan fingerprint density at radius 3 is 2.71 bits per heavy atom. The lowest BCUT2D eigenvalue weighted by Crippen LogP contribution is -2.46. The topological polar surface area (TPSA) is 47.3 Å². The molecule has 1 atom stereocenters. The molecule has 0 amide bonds. The van der Waals surface area contributed by atoms with Gasteiger partial charge >= 0.3 is 5.38 Å². The molecule has 3 nitrogen and oxygen atoms in total. The highest BCUT2D eigenvalue weighted by Gasteiger charge is 2.36. The van der Waals surface area contributed by atoms with Gasteiger partial charge in [0.05, 0.1) is 7.11 Å². The molecule has 1 aromatic rings. The first-order valence-electron chi connectivity index (χ1n) is 4.73. The maximum atomic E-state index is 13.0. The van der Waals surface area contributed by atoms with E-state index in [-0.39, 0.29) is 6.42 Å². The van der Waals surface area contributed by atoms with E-state index in [4.69, 9.17) is 22.2 Å². The van der Waals surface area contributed by atoms with Crippen LogP contribution < -0.4 is 16.0 Å². The number of nitrogens with one attached hydrogen (secondary N) is 1. The van der Waals surface area contributed by atoms with Gasteiger partial charge in [-0.1, -0.05) is 15.9 Å². The largest absolute Gasteiger partial charge is 0.496 e. The van der Waals surface area contributed by atoms with E-state index in [1.165, 1.54) is 7.11 Å². The molecule has 3 N–H and O–H groups in total. The second-order valence-electron chi connectivity index (χ2n) is 3.42. The number of halogens is 4. The van der Waals surface area contributed by atoms with E-state index < -0.39 is 11.4 Å². The number of rotatable bonds is 5. The summed E-state index contributed by atoms with van der Waals surface area (Å²) in [6.45, 7) is 0. The molecule has 17 heavy (non-hydrogen) atoms. The van der Waals surface area contributed by atoms with Crippen LogP contribution in [-0.4, -0.2) is 18.5 Å². The van der Waals surface area contributed by atoms with Crippen molar-refractivity contribution in [2.75, 3.05) is 7.11 Å². The van der Waals surface area contributed by atoms with Crippen molar-refractivity contribution in [3.8, 4) is 5.75 Å². The van der Waals surface area contributed by atoms with E-state index in [2.05, 4.69) is 15.9 Å². The predicted molar refractivity (Wildman–Crippen MR) is 66.3 cm³/mol. The summed E-state index contributed by atoms with van der Waals surface area (Å²) >= 11 is 8.22. The number of nitrogens with two attached hydrogens (primary N) is 1. The molecule has 1 rings (SSSR count). The average molecular weight is 330 g/mol. The van der Waals surface area contributed by atoms with Gasteiger partial charge in [0, 0.05) is 4.47 Å². The average Bonchev–Trinajstić information content (AvgIpc) is 2.24. The van der Waals surface area contributed by atoms with Crippen molar-refractivity contribution in [3.63, 3.8) is 0 Å². The van der Waals surface area contributed by atoms with Gasteiger partial charge in [-0.25, -0.2) is 5.43 Å². The Morgan fingerprint density at radius 1 is 1.59 bits per heavy atom. The van der Waals surface area contributed by atoms with Crippen LogP contribution in [0.1, 0.15) is 5.56 Å². The number of hydrazine groups is 1. The van der Waals surface area contributed by atoms with Gasteiger partial charge in [0.1, 0.15) is 11.8 Å². The van der Waals surface area contributed by atoms with Gasteiger partial charge in [-0.15, -0.1) is 0 Å². The molecule has 7 heteroatoms. The molecule has 0 radical (unpaired) electrons. The first kappa shape index (κ1) is 14.6. The first-order chi connectivity index (χ1) is 7.88. The van der Waals surface area contributed by atoms with E-state index in [0.717, 1.165) is 4.47 Å². The van der Waals surface area contributed by atoms with E-state index in [0.29, 0.717) is 11.3 Å². The van der Waals surface area contributed by atoms with Crippen LogP contribution >= 0.6 is 27.5 Å². The molecule has 1 unspecified atom stereocenters. The van der Waals surface area contributed by atoms with E-state index in [9.17, 15) is 8.78 Å². The summed E-state index contributed by atoms with van der Waals surface area (Å²) < 4.78 is 31.8. The number of ether oxygens (including phenoxy) is 1. The van der Waals surface area contributed by atoms with Crippen LogP contribution in [0.15, 0.2) is 22.7 Å². The maximum absolute atomic E-state index is 13.0. The molecule has 0 aliphatic carbocycles. The highest BCUT2D eigenvalue weighted by molar-refractivity contribution is 9.10. The molecular weight excluding hydrogens is 317 g/mol. The molecule has 0 aliphatic heterocycles. The number of methoxy groups -OCH3 is 1. The summed E-state index contributed by atoms with van der Waals surface area (Å²) in [4.78, 5) is 0. The lowest BCUT2D eigenvalue weighted by Gasteiger charge is -2.21. The fourth-order valence-corrected chi connectivity index (χ4v) is 1.94. The fraction of sp³-hybridized carbons (Fsp3) is 0.400. The molecular formula is C10H12BrClF2N2O. The maximum Gasteiger partial charge on any atom is 0.338 e. The van der Waals surface area contributed by atoms with Crippen molar-refractivity contribution >= 4 is 27.5 Å². The van der Waals surface area contributed by atoms with Gasteiger partial charge in [-0.3, -0.25) is 5.84 Å². The minimum absolute atomic E-state index is 0.0460. The third-order valence-corrected chi connectivity index (χ3v) is 3.02. The Balaban J connectivity index is 2.96. The van der Waals surface area contributed by atoms with Gasteiger partial charge < -0.3 is 4.74 Å². The molecule has 0 spiro atoms. The number of benzene rings is 1. The van der Waals surface area contributed by atoms with Crippen LogP contribution in [-0.2, 0) is 6.42 Å². The van der Waals surface area contributed by atoms with Gasteiger partial charge in [0.2, 0.25) is 0 Å². The zero-order valence-corrected chi connectivity index (χ0v) is 11.4. The van der Waals surface area contributed by atoms with E-state index in [1.807, 2.05) is 5.43 Å². The molecule has 0 aliphatic rings. The summed E-state index contributed by atoms with van der Waals surface area (Å²) in [6.07, 6.45) is -0.0460. The molecule has 0 heterocycles. The van der Waals surface area contributed by atoms with E-state index in [1.54, 1.807) is 18.2 Å². The SMILES string of the molecule is COc1ccc(Br)cc1CC(NN)C(F)(F)Cl. The van der Waals surface area contributed by atoms with E-state index >= 15 is 0 Å². The standard InChI is InChI=1S/C10H12BrClF2N2O/c1-17-8-3-2-7(11)4-6(8)5-9(16-15)10(12,13)14/h2-4,9,16H,5,15H2,1H3. The smallest absolute Gasteiger partial charge is 0.338 e. The van der Waals surface area contributed by atoms with Crippen molar-refractivity contribution in [2.45, 2.75) is 17.8 Å². The van der Waals surface area contributed by atoms with Gasteiger partial charge in [0.15, 0.2) is 0 Å². The van der Waals surface area contributed by atoms with Crippen LogP contribution in [0.3, 0.4) is 0 Å². The quantitative estimate of drug-likeness (QED) is 0.496. The van der Waals surface area contributed by atoms with Gasteiger partial charge in [-0.05, 0) is 41.8 Å². The Labute approximate surface area is 111 Å². The summed E-state index contributed by atoms with van der Waals surface area (Å²) in [6, 6.07) is 3.75. The van der Waals surface area contributed by atoms with Crippen LogP contribution in [0.5, 0.6) is 5.75 Å². The van der Waals surface area contributed by atoms with Crippen LogP contribution in [0.4, 0.5) is 8.78 Å². The number of hydrogen-bond donors (Lipinski definition) is 2. The van der Waals surface area contributed by atoms with Gasteiger partial charge in [0.25, 0.3) is 0 Å². The Hall–Kier alpha value is -0.430. The molecule has 0 saturated heterocycles. The Kier molecular flexibility index (Phi) is 5.12. The second-order valence-corrected chi connectivity index (χ2v) is 4.84. The number of alkyl halides is 3. The molecule has 1 aromatic carbocycles. The van der Waals surface area contributed by atoms with Crippen molar-refractivity contribution in [2.24, 2.45) is 5.84 Å². The van der Waals surface area contributed by atoms with Crippen LogP contribution in [0.25, 0.3) is 0 Å². The molecule has 0 saturated carbocycles. The lowest BCUT2D eigenvalue weighted by molar-refractivity contribution is 0.0500. The monoisotopic (exact) mass is 328 g/mol. The summed E-state index contributed by atoms with van der Waals surface area (Å²) in [5, 5.41) is -3.43. The highest BCUT2D eigenvalue weighted by Crippen LogP contribution is 2.30. The highest BCUT2D eigenvalue weighted by atomic mass is 79.9. The van der Waals surface area contributed by atoms with Gasteiger partial charge in [-0.2, -0.15) is 8.78 Å². The minimum Gasteiger partial charge on any atom is -0.496 e. The van der Waals surface area contributed by atoms with Crippen LogP contribution in [0, 0.1) is 0 Å². The zero-order chi connectivity index (χ0) is 13.1. The molecule has 0 aromatic heterocycles. The van der Waals surface area contributed by atoms with Crippen molar-refractivity contribution in [1.82, 2.24) is 5.43 Å². The first-order valence-corrected chi connectivity index (χ1v) is 5.91. The molecule has 0 fully saturated rings. The van der Waals surface area contributed by atoms with Crippen molar-refractivity contribution in [1.29, 1.82) is 0 Å². The third kappa shape index (κ3) is 4.06. The summed E-state index contributed by atoms with van der Waals surface area (Å²) in [5.41, 5.74) is 2.60. The van der Waals surface area contributed by atoms with Crippen LogP contribution in [0.2, 0.25) is 0 Å². The summed E-state index contributed by atoms with van der Waals surface area (Å²) in [7, 11) is 1.47. The normalized spacial score (nSPS) is 13.5. The Bertz CT molecular complexity index is 387. The third-order valence-electron chi connectivity index (χ3n) is 2.26. The zero-order valence-electron chi connectivity index (χ0n) is 9.01. The second kappa shape index (κ2) is 5.95. The van der Waals surface area contributed by atoms with Crippen molar-refractivity contribution in [3.05, 3.63) is 28.2 Å². The number of hydrogen-bond acceptors (Lipinski definition) is 3. The summed E-state index contributed by atoms with van der Waals surface area (Å²) in [5.74, 6) is 5.58. The lowest BCUT2D eigenvalue weighted by atomic mass is 10.1. The fourth-order valence-electron chi connectivity index (χ4n) is 1.40. The molecule has 96 valence electrons. The Morgan fingerprint density at radius 2 is 2.24 bits per heavy atom. The minimum atomic E-state index is -3.43. The predicted octanol–water partition coefficient (Wildman–Crippen LogP) is 2.66. The molecule has 0 bridgehead atoms. The van der Waals surface area contributed by atoms with Crippen molar-refractivity contribution < 1.29 is 13.5 Å².